The van der Waals surface area contributed by atoms with Gasteiger partial charge in [-0.15, -0.1) is 0 Å². The normalized spacial score (nSPS) is 10.2. The van der Waals surface area contributed by atoms with E-state index >= 15 is 0 Å². The lowest BCUT2D eigenvalue weighted by Gasteiger charge is -2.11. The van der Waals surface area contributed by atoms with E-state index in [4.69, 9.17) is 14.6 Å². The second-order valence-electron chi connectivity index (χ2n) is 4.52. The van der Waals surface area contributed by atoms with Crippen LogP contribution >= 0.6 is 0 Å². The standard InChI is InChI=1S/C16H17NO4/c1-20-13-6-5-11(15(9-13)21-2)3-4-12-10-17-8-7-14(12)16(18)19/h5-10H,3-4H2,1-2H3,(H,18,19). The van der Waals surface area contributed by atoms with Crippen molar-refractivity contribution < 1.29 is 19.4 Å². The zero-order valence-corrected chi connectivity index (χ0v) is 12.0. The Hall–Kier alpha value is -2.56. The van der Waals surface area contributed by atoms with Gasteiger partial charge in [0.25, 0.3) is 0 Å². The van der Waals surface area contributed by atoms with E-state index in [0.29, 0.717) is 18.4 Å². The molecule has 0 spiro atoms. The first kappa shape index (κ1) is 14.8. The van der Waals surface area contributed by atoms with Gasteiger partial charge in [0.15, 0.2) is 0 Å². The van der Waals surface area contributed by atoms with Gasteiger partial charge >= 0.3 is 5.97 Å². The smallest absolute Gasteiger partial charge is 0.336 e. The monoisotopic (exact) mass is 287 g/mol. The Labute approximate surface area is 123 Å². The molecule has 0 unspecified atom stereocenters. The lowest BCUT2D eigenvalue weighted by molar-refractivity contribution is 0.0695. The number of aromatic carboxylic acids is 1. The average molecular weight is 287 g/mol. The molecule has 0 aliphatic heterocycles. The van der Waals surface area contributed by atoms with Crippen molar-refractivity contribution in [3.63, 3.8) is 0 Å². The predicted molar refractivity (Wildman–Crippen MR) is 78.2 cm³/mol. The number of aromatic nitrogens is 1. The Balaban J connectivity index is 2.19. The molecule has 2 rings (SSSR count). The third kappa shape index (κ3) is 3.51. The molecular formula is C16H17NO4. The third-order valence-electron chi connectivity index (χ3n) is 3.29. The van der Waals surface area contributed by atoms with Gasteiger partial charge in [0.2, 0.25) is 0 Å². The summed E-state index contributed by atoms with van der Waals surface area (Å²) in [7, 11) is 3.20. The molecule has 0 aliphatic carbocycles. The van der Waals surface area contributed by atoms with E-state index in [0.717, 1.165) is 17.1 Å². The van der Waals surface area contributed by atoms with Crippen LogP contribution in [-0.4, -0.2) is 30.3 Å². The fourth-order valence-electron chi connectivity index (χ4n) is 2.16. The summed E-state index contributed by atoms with van der Waals surface area (Å²) >= 11 is 0. The topological polar surface area (TPSA) is 68.7 Å². The Morgan fingerprint density at radius 3 is 2.57 bits per heavy atom. The maximum atomic E-state index is 11.2. The van der Waals surface area contributed by atoms with Gasteiger partial charge in [0, 0.05) is 18.5 Å². The van der Waals surface area contributed by atoms with Gasteiger partial charge in [-0.25, -0.2) is 4.79 Å². The molecule has 0 saturated heterocycles. The maximum Gasteiger partial charge on any atom is 0.336 e. The molecule has 2 aromatic rings. The molecule has 0 saturated carbocycles. The second-order valence-corrected chi connectivity index (χ2v) is 4.52. The first-order valence-corrected chi connectivity index (χ1v) is 6.52. The number of hydrogen-bond donors (Lipinski definition) is 1. The van der Waals surface area contributed by atoms with Crippen molar-refractivity contribution >= 4 is 5.97 Å². The number of carboxylic acids is 1. The maximum absolute atomic E-state index is 11.2. The number of rotatable bonds is 6. The van der Waals surface area contributed by atoms with E-state index < -0.39 is 5.97 Å². The Morgan fingerprint density at radius 2 is 1.90 bits per heavy atom. The summed E-state index contributed by atoms with van der Waals surface area (Å²) < 4.78 is 10.5. The number of ether oxygens (including phenoxy) is 2. The number of aryl methyl sites for hydroxylation is 2. The molecule has 1 N–H and O–H groups in total. The highest BCUT2D eigenvalue weighted by Crippen LogP contribution is 2.26. The van der Waals surface area contributed by atoms with Crippen LogP contribution in [0.1, 0.15) is 21.5 Å². The molecule has 110 valence electrons. The average Bonchev–Trinajstić information content (AvgIpc) is 2.52. The second kappa shape index (κ2) is 6.74. The van der Waals surface area contributed by atoms with Crippen molar-refractivity contribution in [3.05, 3.63) is 53.3 Å². The first-order valence-electron chi connectivity index (χ1n) is 6.52. The summed E-state index contributed by atoms with van der Waals surface area (Å²) in [6.45, 7) is 0. The lowest BCUT2D eigenvalue weighted by Crippen LogP contribution is -2.05. The molecule has 1 aromatic heterocycles. The van der Waals surface area contributed by atoms with Crippen LogP contribution < -0.4 is 9.47 Å². The largest absolute Gasteiger partial charge is 0.497 e. The van der Waals surface area contributed by atoms with Crippen molar-refractivity contribution in [2.24, 2.45) is 0 Å². The van der Waals surface area contributed by atoms with Gasteiger partial charge in [-0.05, 0) is 36.1 Å². The summed E-state index contributed by atoms with van der Waals surface area (Å²) in [5.74, 6) is 0.521. The van der Waals surface area contributed by atoms with Crippen LogP contribution in [0.5, 0.6) is 11.5 Å². The SMILES string of the molecule is COc1ccc(CCc2cnccc2C(=O)O)c(OC)c1. The highest BCUT2D eigenvalue weighted by Gasteiger charge is 2.11. The molecule has 0 atom stereocenters. The van der Waals surface area contributed by atoms with E-state index in [1.807, 2.05) is 18.2 Å². The molecule has 5 heteroatoms. The van der Waals surface area contributed by atoms with Gasteiger partial charge < -0.3 is 14.6 Å². The van der Waals surface area contributed by atoms with Crippen molar-refractivity contribution in [2.75, 3.05) is 14.2 Å². The number of carboxylic acid groups (broad SMARTS) is 1. The number of carbonyl (C=O) groups is 1. The minimum atomic E-state index is -0.936. The van der Waals surface area contributed by atoms with Crippen molar-refractivity contribution in [1.82, 2.24) is 4.98 Å². The Kier molecular flexibility index (Phi) is 4.77. The van der Waals surface area contributed by atoms with Crippen LogP contribution in [-0.2, 0) is 12.8 Å². The molecule has 1 aromatic carbocycles. The summed E-state index contributed by atoms with van der Waals surface area (Å²) in [4.78, 5) is 15.2. The van der Waals surface area contributed by atoms with Crippen LogP contribution in [0.25, 0.3) is 0 Å². The first-order chi connectivity index (χ1) is 10.2. The molecule has 0 fully saturated rings. The fourth-order valence-corrected chi connectivity index (χ4v) is 2.16. The zero-order valence-electron chi connectivity index (χ0n) is 12.0. The van der Waals surface area contributed by atoms with Gasteiger partial charge in [0.05, 0.1) is 19.8 Å². The summed E-state index contributed by atoms with van der Waals surface area (Å²) in [6.07, 6.45) is 4.33. The summed E-state index contributed by atoms with van der Waals surface area (Å²) in [6, 6.07) is 7.12. The third-order valence-corrected chi connectivity index (χ3v) is 3.29. The van der Waals surface area contributed by atoms with Crippen LogP contribution in [0.2, 0.25) is 0 Å². The van der Waals surface area contributed by atoms with E-state index in [9.17, 15) is 4.79 Å². The highest BCUT2D eigenvalue weighted by molar-refractivity contribution is 5.89. The summed E-state index contributed by atoms with van der Waals surface area (Å²) in [5.41, 5.74) is 2.00. The Morgan fingerprint density at radius 1 is 1.14 bits per heavy atom. The van der Waals surface area contributed by atoms with Crippen molar-refractivity contribution in [3.8, 4) is 11.5 Å². The minimum absolute atomic E-state index is 0.289. The fraction of sp³-hybridized carbons (Fsp3) is 0.250. The molecule has 5 nitrogen and oxygen atoms in total. The quantitative estimate of drug-likeness (QED) is 0.884. The van der Waals surface area contributed by atoms with Crippen molar-refractivity contribution in [2.45, 2.75) is 12.8 Å². The van der Waals surface area contributed by atoms with E-state index in [-0.39, 0.29) is 5.56 Å². The van der Waals surface area contributed by atoms with Crippen molar-refractivity contribution in [1.29, 1.82) is 0 Å². The number of methoxy groups -OCH3 is 2. The lowest BCUT2D eigenvalue weighted by atomic mass is 10.0. The van der Waals surface area contributed by atoms with Crippen LogP contribution in [0.3, 0.4) is 0 Å². The molecule has 21 heavy (non-hydrogen) atoms. The molecule has 0 radical (unpaired) electrons. The van der Waals surface area contributed by atoms with Crippen LogP contribution in [0.4, 0.5) is 0 Å². The van der Waals surface area contributed by atoms with Crippen LogP contribution in [0.15, 0.2) is 36.7 Å². The van der Waals surface area contributed by atoms with E-state index in [2.05, 4.69) is 4.98 Å². The zero-order chi connectivity index (χ0) is 15.2. The van der Waals surface area contributed by atoms with Gasteiger partial charge in [-0.1, -0.05) is 6.07 Å². The number of pyridine rings is 1. The summed E-state index contributed by atoms with van der Waals surface area (Å²) in [5, 5.41) is 9.16. The molecular weight excluding hydrogens is 270 g/mol. The van der Waals surface area contributed by atoms with Gasteiger partial charge in [0.1, 0.15) is 11.5 Å². The predicted octanol–water partition coefficient (Wildman–Crippen LogP) is 2.58. The Bertz CT molecular complexity index is 640. The van der Waals surface area contributed by atoms with Gasteiger partial charge in [-0.3, -0.25) is 4.98 Å². The van der Waals surface area contributed by atoms with Gasteiger partial charge in [-0.2, -0.15) is 0 Å². The number of hydrogen-bond acceptors (Lipinski definition) is 4. The number of benzene rings is 1. The molecule has 0 bridgehead atoms. The minimum Gasteiger partial charge on any atom is -0.497 e. The number of nitrogens with zero attached hydrogens (tertiary/aromatic N) is 1. The molecule has 1 heterocycles. The van der Waals surface area contributed by atoms with Crippen LogP contribution in [0, 0.1) is 0 Å². The highest BCUT2D eigenvalue weighted by atomic mass is 16.5. The van der Waals surface area contributed by atoms with E-state index in [1.165, 1.54) is 12.3 Å². The molecule has 0 aliphatic rings. The molecule has 0 amide bonds. The van der Waals surface area contributed by atoms with E-state index in [1.54, 1.807) is 20.4 Å².